The van der Waals surface area contributed by atoms with Crippen molar-refractivity contribution < 1.29 is 23.5 Å². The first-order valence-electron chi connectivity index (χ1n) is 7.02. The highest BCUT2D eigenvalue weighted by Crippen LogP contribution is 2.11. The molecule has 0 atom stereocenters. The molecule has 0 saturated carbocycles. The van der Waals surface area contributed by atoms with E-state index in [4.69, 9.17) is 0 Å². The first-order valence-corrected chi connectivity index (χ1v) is 7.02. The Morgan fingerprint density at radius 3 is 2.54 bits per heavy atom. The Balaban J connectivity index is 1.93. The summed E-state index contributed by atoms with van der Waals surface area (Å²) in [5, 5.41) is 4.85. The van der Waals surface area contributed by atoms with Gasteiger partial charge in [-0.15, -0.1) is 0 Å². The minimum absolute atomic E-state index is 0.141. The van der Waals surface area contributed by atoms with Gasteiger partial charge in [0.05, 0.1) is 24.8 Å². The number of rotatable bonds is 5. The number of anilines is 1. The van der Waals surface area contributed by atoms with E-state index in [2.05, 4.69) is 15.4 Å². The summed E-state index contributed by atoms with van der Waals surface area (Å²) in [7, 11) is 1.26. The molecule has 0 heterocycles. The molecular weight excluding hydrogens is 315 g/mol. The summed E-state index contributed by atoms with van der Waals surface area (Å²) in [5.41, 5.74) is 0.520. The monoisotopic (exact) mass is 330 g/mol. The number of methoxy groups -OCH3 is 1. The number of carbonyl (C=O) groups is 3. The van der Waals surface area contributed by atoms with Gasteiger partial charge in [0.25, 0.3) is 5.91 Å². The smallest absolute Gasteiger partial charge is 0.337 e. The molecule has 0 aliphatic rings. The molecule has 2 N–H and O–H groups in total. The van der Waals surface area contributed by atoms with Crippen LogP contribution < -0.4 is 10.6 Å². The predicted molar refractivity (Wildman–Crippen MR) is 85.1 cm³/mol. The zero-order chi connectivity index (χ0) is 17.5. The first-order chi connectivity index (χ1) is 11.5. The van der Waals surface area contributed by atoms with Crippen LogP contribution in [0.4, 0.5) is 10.1 Å². The van der Waals surface area contributed by atoms with Crippen molar-refractivity contribution in [3.8, 4) is 0 Å². The second-order valence-electron chi connectivity index (χ2n) is 4.78. The fourth-order valence-corrected chi connectivity index (χ4v) is 1.95. The third-order valence-corrected chi connectivity index (χ3v) is 3.10. The number of nitrogens with one attached hydrogen (secondary N) is 2. The van der Waals surface area contributed by atoms with E-state index in [-0.39, 0.29) is 17.7 Å². The van der Waals surface area contributed by atoms with E-state index >= 15 is 0 Å². The summed E-state index contributed by atoms with van der Waals surface area (Å²) in [6, 6.07) is 11.6. The van der Waals surface area contributed by atoms with Crippen LogP contribution in [0.3, 0.4) is 0 Å². The largest absolute Gasteiger partial charge is 0.465 e. The summed E-state index contributed by atoms with van der Waals surface area (Å²) in [4.78, 5) is 35.1. The number of carbonyl (C=O) groups excluding carboxylic acids is 3. The van der Waals surface area contributed by atoms with Gasteiger partial charge >= 0.3 is 5.97 Å². The highest BCUT2D eigenvalue weighted by molar-refractivity contribution is 6.00. The first kappa shape index (κ1) is 17.1. The molecule has 0 radical (unpaired) electrons. The standard InChI is InChI=1S/C17H15FN2O4/c1-24-17(23)11-5-4-6-12(9-11)20-15(21)10-19-16(22)13-7-2-3-8-14(13)18/h2-9H,10H2,1H3,(H,19,22)(H,20,21). The Labute approximate surface area is 137 Å². The molecule has 2 aromatic rings. The molecule has 0 saturated heterocycles. The molecule has 7 heteroatoms. The van der Waals surface area contributed by atoms with Gasteiger partial charge in [-0.3, -0.25) is 9.59 Å². The van der Waals surface area contributed by atoms with Crippen LogP contribution in [0.5, 0.6) is 0 Å². The Hall–Kier alpha value is -3.22. The molecule has 2 aromatic carbocycles. The number of hydrogen-bond donors (Lipinski definition) is 2. The number of halogens is 1. The van der Waals surface area contributed by atoms with Crippen molar-refractivity contribution in [2.75, 3.05) is 19.0 Å². The average molecular weight is 330 g/mol. The average Bonchev–Trinajstić information content (AvgIpc) is 2.59. The van der Waals surface area contributed by atoms with E-state index in [1.54, 1.807) is 18.2 Å². The lowest BCUT2D eigenvalue weighted by Crippen LogP contribution is -2.33. The summed E-state index contributed by atoms with van der Waals surface area (Å²) in [6.07, 6.45) is 0. The van der Waals surface area contributed by atoms with Crippen LogP contribution >= 0.6 is 0 Å². The maximum Gasteiger partial charge on any atom is 0.337 e. The van der Waals surface area contributed by atoms with E-state index in [0.717, 1.165) is 6.07 Å². The fraction of sp³-hybridized carbons (Fsp3) is 0.118. The lowest BCUT2D eigenvalue weighted by molar-refractivity contribution is -0.115. The number of esters is 1. The van der Waals surface area contributed by atoms with E-state index in [1.165, 1.54) is 31.4 Å². The van der Waals surface area contributed by atoms with Crippen LogP contribution in [-0.4, -0.2) is 31.4 Å². The highest BCUT2D eigenvalue weighted by Gasteiger charge is 2.12. The van der Waals surface area contributed by atoms with Gasteiger partial charge in [-0.05, 0) is 30.3 Å². The molecular formula is C17H15FN2O4. The maximum atomic E-state index is 13.5. The molecule has 24 heavy (non-hydrogen) atoms. The van der Waals surface area contributed by atoms with Crippen LogP contribution in [0.2, 0.25) is 0 Å². The number of amides is 2. The molecule has 0 unspecified atom stereocenters. The molecule has 2 amide bonds. The topological polar surface area (TPSA) is 84.5 Å². The quantitative estimate of drug-likeness (QED) is 0.821. The molecule has 2 rings (SSSR count). The normalized spacial score (nSPS) is 9.92. The minimum atomic E-state index is -0.688. The van der Waals surface area contributed by atoms with Gasteiger partial charge < -0.3 is 15.4 Å². The predicted octanol–water partition coefficient (Wildman–Crippen LogP) is 1.98. The van der Waals surface area contributed by atoms with Gasteiger partial charge in [-0.25, -0.2) is 9.18 Å². The van der Waals surface area contributed by atoms with Crippen LogP contribution in [0, 0.1) is 5.82 Å². The van der Waals surface area contributed by atoms with Crippen LogP contribution in [0.1, 0.15) is 20.7 Å². The third kappa shape index (κ3) is 4.39. The Bertz CT molecular complexity index is 777. The highest BCUT2D eigenvalue weighted by atomic mass is 19.1. The SMILES string of the molecule is COC(=O)c1cccc(NC(=O)CNC(=O)c2ccccc2F)c1. The fourth-order valence-electron chi connectivity index (χ4n) is 1.95. The van der Waals surface area contributed by atoms with E-state index in [9.17, 15) is 18.8 Å². The molecule has 124 valence electrons. The molecule has 0 bridgehead atoms. The number of ether oxygens (including phenoxy) is 1. The van der Waals surface area contributed by atoms with Crippen molar-refractivity contribution in [3.63, 3.8) is 0 Å². The summed E-state index contributed by atoms with van der Waals surface area (Å²) in [6.45, 7) is -0.338. The molecule has 6 nitrogen and oxygen atoms in total. The van der Waals surface area contributed by atoms with Crippen LogP contribution in [0.15, 0.2) is 48.5 Å². The third-order valence-electron chi connectivity index (χ3n) is 3.10. The van der Waals surface area contributed by atoms with Crippen LogP contribution in [-0.2, 0) is 9.53 Å². The molecule has 0 aromatic heterocycles. The Morgan fingerprint density at radius 2 is 1.83 bits per heavy atom. The Morgan fingerprint density at radius 1 is 1.08 bits per heavy atom. The van der Waals surface area contributed by atoms with Gasteiger partial charge in [0.1, 0.15) is 5.82 Å². The maximum absolute atomic E-state index is 13.5. The van der Waals surface area contributed by atoms with Crippen molar-refractivity contribution >= 4 is 23.5 Å². The van der Waals surface area contributed by atoms with Crippen molar-refractivity contribution in [2.45, 2.75) is 0 Å². The second kappa shape index (κ2) is 7.87. The van der Waals surface area contributed by atoms with E-state index in [0.29, 0.717) is 5.69 Å². The van der Waals surface area contributed by atoms with E-state index in [1.807, 2.05) is 0 Å². The van der Waals surface area contributed by atoms with Gasteiger partial charge in [-0.1, -0.05) is 18.2 Å². The number of hydrogen-bond acceptors (Lipinski definition) is 4. The van der Waals surface area contributed by atoms with Gasteiger partial charge in [0.15, 0.2) is 0 Å². The molecule has 0 aliphatic heterocycles. The lowest BCUT2D eigenvalue weighted by atomic mass is 10.2. The van der Waals surface area contributed by atoms with Crippen molar-refractivity contribution in [1.29, 1.82) is 0 Å². The molecule has 0 spiro atoms. The van der Waals surface area contributed by atoms with E-state index < -0.39 is 23.6 Å². The summed E-state index contributed by atoms with van der Waals surface area (Å²) in [5.74, 6) is -2.39. The van der Waals surface area contributed by atoms with Gasteiger partial charge in [-0.2, -0.15) is 0 Å². The lowest BCUT2D eigenvalue weighted by Gasteiger charge is -2.08. The van der Waals surface area contributed by atoms with Crippen molar-refractivity contribution in [3.05, 3.63) is 65.5 Å². The zero-order valence-corrected chi connectivity index (χ0v) is 12.8. The summed E-state index contributed by atoms with van der Waals surface area (Å²) < 4.78 is 18.1. The summed E-state index contributed by atoms with van der Waals surface area (Å²) >= 11 is 0. The molecule has 0 aliphatic carbocycles. The molecule has 0 fully saturated rings. The van der Waals surface area contributed by atoms with Crippen molar-refractivity contribution in [2.24, 2.45) is 0 Å². The van der Waals surface area contributed by atoms with Gasteiger partial charge in [0, 0.05) is 5.69 Å². The van der Waals surface area contributed by atoms with Crippen LogP contribution in [0.25, 0.3) is 0 Å². The number of benzene rings is 2. The zero-order valence-electron chi connectivity index (χ0n) is 12.8. The Kier molecular flexibility index (Phi) is 5.62. The van der Waals surface area contributed by atoms with Gasteiger partial charge in [0.2, 0.25) is 5.91 Å². The minimum Gasteiger partial charge on any atom is -0.465 e. The van der Waals surface area contributed by atoms with Crippen molar-refractivity contribution in [1.82, 2.24) is 5.32 Å². The second-order valence-corrected chi connectivity index (χ2v) is 4.78.